The SMILES string of the molecule is CC(CCC(OC(=O)Nc1cc2ccccc2cn1)OP(=O)(O)O)N(C)C(=O)NCc1cccc(F)c1F. The summed E-state index contributed by atoms with van der Waals surface area (Å²) in [4.78, 5) is 48.6. The van der Waals surface area contributed by atoms with Crippen molar-refractivity contribution in [3.8, 4) is 0 Å². The van der Waals surface area contributed by atoms with Gasteiger partial charge in [0.15, 0.2) is 11.6 Å². The van der Waals surface area contributed by atoms with Gasteiger partial charge in [-0.15, -0.1) is 0 Å². The maximum absolute atomic E-state index is 13.8. The summed E-state index contributed by atoms with van der Waals surface area (Å²) in [5, 5.41) is 6.50. The van der Waals surface area contributed by atoms with Crippen LogP contribution in [0.15, 0.2) is 54.7 Å². The Morgan fingerprint density at radius 1 is 1.11 bits per heavy atom. The highest BCUT2D eigenvalue weighted by molar-refractivity contribution is 7.46. The molecule has 1 heterocycles. The first-order valence-electron chi connectivity index (χ1n) is 11.4. The van der Waals surface area contributed by atoms with Crippen molar-refractivity contribution in [2.75, 3.05) is 12.4 Å². The summed E-state index contributed by atoms with van der Waals surface area (Å²) in [6, 6.07) is 11.4. The first-order valence-corrected chi connectivity index (χ1v) is 13.0. The van der Waals surface area contributed by atoms with E-state index in [1.165, 1.54) is 24.1 Å². The maximum Gasteiger partial charge on any atom is 0.472 e. The van der Waals surface area contributed by atoms with Gasteiger partial charge in [-0.3, -0.25) is 5.32 Å². The molecule has 0 aliphatic heterocycles. The van der Waals surface area contributed by atoms with E-state index >= 15 is 0 Å². The van der Waals surface area contributed by atoms with Crippen molar-refractivity contribution in [1.29, 1.82) is 0 Å². The minimum atomic E-state index is -5.03. The molecule has 2 atom stereocenters. The van der Waals surface area contributed by atoms with Gasteiger partial charge in [-0.05, 0) is 30.9 Å². The number of anilines is 1. The standard InChI is InChI=1S/C24H27F2N4O7P/c1-15(30(2)23(31)28-14-18-8-5-9-19(25)22(18)26)10-11-21(37-38(33,34)35)36-24(32)29-20-12-16-6-3-4-7-17(16)13-27-20/h3-9,12-13,15,21H,10-11,14H2,1-2H3,(H,28,31)(H,27,29,32)(H2,33,34,35). The van der Waals surface area contributed by atoms with Crippen molar-refractivity contribution < 1.29 is 42.0 Å². The number of urea groups is 1. The van der Waals surface area contributed by atoms with Crippen LogP contribution in [0.2, 0.25) is 0 Å². The lowest BCUT2D eigenvalue weighted by Crippen LogP contribution is -2.42. The summed E-state index contributed by atoms with van der Waals surface area (Å²) in [6.45, 7) is 1.38. The van der Waals surface area contributed by atoms with Crippen LogP contribution in [0.4, 0.5) is 24.2 Å². The second kappa shape index (κ2) is 12.7. The smallest absolute Gasteiger partial charge is 0.419 e. The van der Waals surface area contributed by atoms with Gasteiger partial charge in [0.1, 0.15) is 5.82 Å². The van der Waals surface area contributed by atoms with E-state index in [9.17, 15) is 32.7 Å². The number of phosphoric ester groups is 1. The molecule has 3 amide bonds. The summed E-state index contributed by atoms with van der Waals surface area (Å²) in [5.74, 6) is -1.94. The minimum Gasteiger partial charge on any atom is -0.419 e. The fourth-order valence-electron chi connectivity index (χ4n) is 3.44. The van der Waals surface area contributed by atoms with E-state index < -0.39 is 43.9 Å². The fourth-order valence-corrected chi connectivity index (χ4v) is 3.90. The van der Waals surface area contributed by atoms with Crippen molar-refractivity contribution in [2.45, 2.75) is 38.6 Å². The Balaban J connectivity index is 1.55. The Morgan fingerprint density at radius 3 is 2.53 bits per heavy atom. The van der Waals surface area contributed by atoms with E-state index in [1.54, 1.807) is 19.2 Å². The Morgan fingerprint density at radius 2 is 1.82 bits per heavy atom. The van der Waals surface area contributed by atoms with Crippen molar-refractivity contribution in [1.82, 2.24) is 15.2 Å². The number of hydrogen-bond donors (Lipinski definition) is 4. The molecule has 14 heteroatoms. The largest absolute Gasteiger partial charge is 0.472 e. The molecular weight excluding hydrogens is 525 g/mol. The zero-order valence-corrected chi connectivity index (χ0v) is 21.4. The lowest BCUT2D eigenvalue weighted by atomic mass is 10.1. The number of carbonyl (C=O) groups is 2. The van der Waals surface area contributed by atoms with Gasteiger partial charge in [0.2, 0.25) is 6.29 Å². The number of pyridine rings is 1. The van der Waals surface area contributed by atoms with Gasteiger partial charge in [-0.25, -0.2) is 32.4 Å². The van der Waals surface area contributed by atoms with Crippen LogP contribution in [0.3, 0.4) is 0 Å². The van der Waals surface area contributed by atoms with Crippen LogP contribution in [0.25, 0.3) is 10.8 Å². The number of phosphoric acid groups is 1. The highest BCUT2D eigenvalue weighted by Gasteiger charge is 2.27. The molecule has 4 N–H and O–H groups in total. The topological polar surface area (TPSA) is 150 Å². The zero-order valence-electron chi connectivity index (χ0n) is 20.5. The third kappa shape index (κ3) is 8.45. The lowest BCUT2D eigenvalue weighted by Gasteiger charge is -2.27. The number of aromatic nitrogens is 1. The van der Waals surface area contributed by atoms with Gasteiger partial charge in [0, 0.05) is 43.2 Å². The van der Waals surface area contributed by atoms with E-state index in [-0.39, 0.29) is 30.8 Å². The van der Waals surface area contributed by atoms with Crippen LogP contribution in [0.1, 0.15) is 25.3 Å². The molecule has 0 spiro atoms. The monoisotopic (exact) mass is 552 g/mol. The second-order valence-electron chi connectivity index (χ2n) is 8.38. The first kappa shape index (κ1) is 28.9. The van der Waals surface area contributed by atoms with E-state index in [4.69, 9.17) is 4.74 Å². The first-order chi connectivity index (χ1) is 17.9. The van der Waals surface area contributed by atoms with E-state index in [0.29, 0.717) is 0 Å². The fraction of sp³-hybridized carbons (Fsp3) is 0.292. The van der Waals surface area contributed by atoms with E-state index in [1.807, 2.05) is 24.3 Å². The molecular formula is C24H27F2N4O7P. The predicted molar refractivity (Wildman–Crippen MR) is 134 cm³/mol. The molecule has 0 aliphatic rings. The molecule has 2 unspecified atom stereocenters. The number of fused-ring (bicyclic) bond motifs is 1. The molecule has 0 fully saturated rings. The van der Waals surface area contributed by atoms with E-state index in [2.05, 4.69) is 20.1 Å². The Kier molecular flexibility index (Phi) is 9.70. The quantitative estimate of drug-likeness (QED) is 0.212. The second-order valence-corrected chi connectivity index (χ2v) is 9.57. The summed E-state index contributed by atoms with van der Waals surface area (Å²) in [5.41, 5.74) is -0.0326. The summed E-state index contributed by atoms with van der Waals surface area (Å²) < 4.78 is 48.2. The average molecular weight is 552 g/mol. The van der Waals surface area contributed by atoms with Gasteiger partial charge in [0.05, 0.1) is 0 Å². The summed E-state index contributed by atoms with van der Waals surface area (Å²) in [7, 11) is -3.58. The van der Waals surface area contributed by atoms with Crippen molar-refractivity contribution >= 4 is 36.5 Å². The number of rotatable bonds is 10. The van der Waals surface area contributed by atoms with Crippen molar-refractivity contribution in [2.24, 2.45) is 0 Å². The highest BCUT2D eigenvalue weighted by Crippen LogP contribution is 2.39. The van der Waals surface area contributed by atoms with Crippen LogP contribution in [-0.4, -0.2) is 51.2 Å². The van der Waals surface area contributed by atoms with Gasteiger partial charge in [-0.1, -0.05) is 36.4 Å². The minimum absolute atomic E-state index is 0.0326. The van der Waals surface area contributed by atoms with Crippen molar-refractivity contribution in [3.63, 3.8) is 0 Å². The summed E-state index contributed by atoms with van der Waals surface area (Å²) in [6.07, 6.45) is -1.23. The molecule has 0 saturated carbocycles. The molecule has 0 radical (unpaired) electrons. The van der Waals surface area contributed by atoms with Gasteiger partial charge in [-0.2, -0.15) is 0 Å². The zero-order chi connectivity index (χ0) is 27.9. The number of halogens is 2. The number of hydrogen-bond acceptors (Lipinski definition) is 6. The van der Waals surface area contributed by atoms with Crippen LogP contribution < -0.4 is 10.6 Å². The normalized spacial score (nSPS) is 13.0. The van der Waals surface area contributed by atoms with Crippen LogP contribution in [0, 0.1) is 11.6 Å². The number of benzene rings is 2. The molecule has 2 aromatic carbocycles. The number of nitrogens with zero attached hydrogens (tertiary/aromatic N) is 2. The van der Waals surface area contributed by atoms with Crippen LogP contribution in [-0.2, 0) is 20.4 Å². The average Bonchev–Trinajstić information content (AvgIpc) is 2.86. The molecule has 204 valence electrons. The Bertz CT molecular complexity index is 1340. The Hall–Kier alpha value is -3.64. The lowest BCUT2D eigenvalue weighted by molar-refractivity contribution is -0.0505. The van der Waals surface area contributed by atoms with Gasteiger partial charge < -0.3 is 24.7 Å². The van der Waals surface area contributed by atoms with Crippen molar-refractivity contribution in [3.05, 3.63) is 71.9 Å². The predicted octanol–water partition coefficient (Wildman–Crippen LogP) is 4.51. The number of amides is 3. The molecule has 0 aliphatic carbocycles. The number of nitrogens with one attached hydrogen (secondary N) is 2. The molecule has 38 heavy (non-hydrogen) atoms. The summed E-state index contributed by atoms with van der Waals surface area (Å²) >= 11 is 0. The number of carbonyl (C=O) groups excluding carboxylic acids is 2. The number of ether oxygens (including phenoxy) is 1. The molecule has 11 nitrogen and oxygen atoms in total. The molecule has 1 aromatic heterocycles. The van der Waals surface area contributed by atoms with E-state index in [0.717, 1.165) is 16.8 Å². The molecule has 0 saturated heterocycles. The molecule has 3 rings (SSSR count). The third-order valence-electron chi connectivity index (χ3n) is 5.62. The van der Waals surface area contributed by atoms with Crippen LogP contribution in [0.5, 0.6) is 0 Å². The van der Waals surface area contributed by atoms with Gasteiger partial charge in [0.25, 0.3) is 0 Å². The molecule has 3 aromatic rings. The van der Waals surface area contributed by atoms with Gasteiger partial charge >= 0.3 is 19.9 Å². The Labute approximate surface area is 217 Å². The maximum atomic E-state index is 13.8. The van der Waals surface area contributed by atoms with Crippen LogP contribution >= 0.6 is 7.82 Å². The highest BCUT2D eigenvalue weighted by atomic mass is 31.2. The molecule has 0 bridgehead atoms. The third-order valence-corrected chi connectivity index (χ3v) is 6.13.